The Balaban J connectivity index is 1.80. The van der Waals surface area contributed by atoms with E-state index in [0.29, 0.717) is 0 Å². The Morgan fingerprint density at radius 1 is 1.42 bits per heavy atom. The van der Waals surface area contributed by atoms with Crippen LogP contribution in [0.3, 0.4) is 0 Å². The summed E-state index contributed by atoms with van der Waals surface area (Å²) in [5.74, 6) is -1.27. The highest BCUT2D eigenvalue weighted by Crippen LogP contribution is 2.20. The molecule has 8 heteroatoms. The number of rotatable bonds is 7. The van der Waals surface area contributed by atoms with Gasteiger partial charge in [-0.1, -0.05) is 12.1 Å². The van der Waals surface area contributed by atoms with Crippen LogP contribution in [0.4, 0.5) is 8.78 Å². The molecule has 1 aromatic carbocycles. The van der Waals surface area contributed by atoms with E-state index in [1.807, 2.05) is 0 Å². The fraction of sp³-hybridized carbons (Fsp3) is 0.500. The monoisotopic (exact) mass is 341 g/mol. The average molecular weight is 341 g/mol. The quantitative estimate of drug-likeness (QED) is 0.786. The highest BCUT2D eigenvalue weighted by atomic mass is 19.1. The summed E-state index contributed by atoms with van der Waals surface area (Å²) in [6.45, 7) is 0.276. The van der Waals surface area contributed by atoms with Gasteiger partial charge in [-0.3, -0.25) is 14.5 Å². The van der Waals surface area contributed by atoms with E-state index in [9.17, 15) is 18.4 Å². The molecule has 0 unspecified atom stereocenters. The van der Waals surface area contributed by atoms with Crippen LogP contribution >= 0.6 is 0 Å². The highest BCUT2D eigenvalue weighted by molar-refractivity contribution is 5.82. The van der Waals surface area contributed by atoms with Crippen molar-refractivity contribution >= 4 is 11.8 Å². The van der Waals surface area contributed by atoms with Gasteiger partial charge in [-0.25, -0.2) is 8.78 Å². The van der Waals surface area contributed by atoms with Crippen molar-refractivity contribution in [3.05, 3.63) is 30.1 Å². The Morgan fingerprint density at radius 3 is 2.79 bits per heavy atom. The molecule has 1 fully saturated rings. The number of hydrogen-bond donors (Lipinski definition) is 1. The molecule has 1 saturated heterocycles. The Bertz CT molecular complexity index is 600. The minimum atomic E-state index is -1.16. The largest absolute Gasteiger partial charge is 0.489 e. The molecule has 0 spiro atoms. The van der Waals surface area contributed by atoms with Gasteiger partial charge in [-0.2, -0.15) is 0 Å². The smallest absolute Gasteiger partial charge is 0.236 e. The van der Waals surface area contributed by atoms with Gasteiger partial charge in [0.1, 0.15) is 12.8 Å². The van der Waals surface area contributed by atoms with Crippen molar-refractivity contribution in [1.82, 2.24) is 9.80 Å². The molecule has 0 aliphatic carbocycles. The summed E-state index contributed by atoms with van der Waals surface area (Å²) in [5, 5.41) is 0. The fourth-order valence-electron chi connectivity index (χ4n) is 2.59. The summed E-state index contributed by atoms with van der Waals surface area (Å²) < 4.78 is 32.1. The van der Waals surface area contributed by atoms with Gasteiger partial charge in [-0.15, -0.1) is 0 Å². The van der Waals surface area contributed by atoms with E-state index >= 15 is 0 Å². The first-order valence-corrected chi connectivity index (χ1v) is 7.67. The lowest BCUT2D eigenvalue weighted by atomic mass is 10.2. The molecule has 0 bridgehead atoms. The minimum absolute atomic E-state index is 0.0128. The third-order valence-corrected chi connectivity index (χ3v) is 3.97. The van der Waals surface area contributed by atoms with E-state index in [-0.39, 0.29) is 44.3 Å². The van der Waals surface area contributed by atoms with E-state index in [1.165, 1.54) is 21.9 Å². The van der Waals surface area contributed by atoms with Crippen LogP contribution in [0.5, 0.6) is 5.75 Å². The molecule has 2 amide bonds. The topological polar surface area (TPSA) is 75.9 Å². The standard InChI is InChI=1S/C16H21F2N3O3/c1-20(6-7-24-14-5-3-2-4-12(14)18)15(22)10-21-9-11(17)8-13(21)16(19)23/h2-5,11,13H,6-10H2,1H3,(H2,19,23)/t11-,13+/m1/s1. The van der Waals surface area contributed by atoms with Crippen LogP contribution in [0, 0.1) is 5.82 Å². The molecule has 2 N–H and O–H groups in total. The van der Waals surface area contributed by atoms with Crippen molar-refractivity contribution in [2.75, 3.05) is 33.3 Å². The van der Waals surface area contributed by atoms with Crippen LogP contribution in [0.2, 0.25) is 0 Å². The molecule has 1 aliphatic heterocycles. The summed E-state index contributed by atoms with van der Waals surface area (Å²) >= 11 is 0. The van der Waals surface area contributed by atoms with Crippen molar-refractivity contribution in [3.8, 4) is 5.75 Å². The maximum atomic E-state index is 13.4. The molecule has 0 radical (unpaired) electrons. The Hall–Kier alpha value is -2.22. The molecule has 1 heterocycles. The van der Waals surface area contributed by atoms with Gasteiger partial charge in [0.05, 0.1) is 19.1 Å². The SMILES string of the molecule is CN(CCOc1ccccc1F)C(=O)CN1C[C@H](F)C[C@H]1C(N)=O. The number of benzene rings is 1. The van der Waals surface area contributed by atoms with Crippen molar-refractivity contribution in [2.45, 2.75) is 18.6 Å². The lowest BCUT2D eigenvalue weighted by molar-refractivity contribution is -0.132. The maximum Gasteiger partial charge on any atom is 0.236 e. The number of halogens is 2. The van der Waals surface area contributed by atoms with Gasteiger partial charge in [0.25, 0.3) is 0 Å². The van der Waals surface area contributed by atoms with Gasteiger partial charge < -0.3 is 15.4 Å². The van der Waals surface area contributed by atoms with E-state index < -0.39 is 23.9 Å². The minimum Gasteiger partial charge on any atom is -0.489 e. The number of nitrogens with two attached hydrogens (primary N) is 1. The van der Waals surface area contributed by atoms with Gasteiger partial charge in [-0.05, 0) is 12.1 Å². The molecule has 0 saturated carbocycles. The number of ether oxygens (including phenoxy) is 1. The molecule has 2 rings (SSSR count). The first kappa shape index (κ1) is 18.1. The third kappa shape index (κ3) is 4.64. The molecule has 132 valence electrons. The normalized spacial score (nSPS) is 20.8. The molecule has 6 nitrogen and oxygen atoms in total. The van der Waals surface area contributed by atoms with Crippen LogP contribution in [0.1, 0.15) is 6.42 Å². The maximum absolute atomic E-state index is 13.4. The van der Waals surface area contributed by atoms with Crippen LogP contribution < -0.4 is 10.5 Å². The number of nitrogens with zero attached hydrogens (tertiary/aromatic N) is 2. The van der Waals surface area contributed by atoms with E-state index in [1.54, 1.807) is 19.2 Å². The summed E-state index contributed by atoms with van der Waals surface area (Å²) in [5.41, 5.74) is 5.23. The Morgan fingerprint density at radius 2 is 2.12 bits per heavy atom. The number of primary amides is 1. The molecule has 1 aliphatic rings. The first-order valence-electron chi connectivity index (χ1n) is 7.67. The van der Waals surface area contributed by atoms with Gasteiger partial charge in [0.2, 0.25) is 11.8 Å². The van der Waals surface area contributed by atoms with Crippen LogP contribution in [-0.2, 0) is 9.59 Å². The average Bonchev–Trinajstić information content (AvgIpc) is 2.89. The summed E-state index contributed by atoms with van der Waals surface area (Å²) in [6.07, 6.45) is -1.15. The van der Waals surface area contributed by atoms with Crippen molar-refractivity contribution in [3.63, 3.8) is 0 Å². The predicted octanol–water partition coefficient (Wildman–Crippen LogP) is 0.561. The number of hydrogen-bond acceptors (Lipinski definition) is 4. The van der Waals surface area contributed by atoms with Crippen LogP contribution in [0.15, 0.2) is 24.3 Å². The Labute approximate surface area is 139 Å². The second kappa shape index (κ2) is 8.05. The summed E-state index contributed by atoms with van der Waals surface area (Å²) in [4.78, 5) is 26.3. The zero-order valence-corrected chi connectivity index (χ0v) is 13.5. The zero-order chi connectivity index (χ0) is 17.7. The zero-order valence-electron chi connectivity index (χ0n) is 13.5. The number of para-hydroxylation sites is 1. The van der Waals surface area contributed by atoms with E-state index in [2.05, 4.69) is 0 Å². The molecule has 24 heavy (non-hydrogen) atoms. The van der Waals surface area contributed by atoms with Crippen molar-refractivity contribution < 1.29 is 23.1 Å². The Kier molecular flexibility index (Phi) is 6.08. The first-order chi connectivity index (χ1) is 11.4. The fourth-order valence-corrected chi connectivity index (χ4v) is 2.59. The van der Waals surface area contributed by atoms with Crippen molar-refractivity contribution in [1.29, 1.82) is 0 Å². The van der Waals surface area contributed by atoms with Crippen molar-refractivity contribution in [2.24, 2.45) is 5.73 Å². The second-order valence-corrected chi connectivity index (χ2v) is 5.77. The van der Waals surface area contributed by atoms with Gasteiger partial charge >= 0.3 is 0 Å². The molecular formula is C16H21F2N3O3. The van der Waals surface area contributed by atoms with E-state index in [4.69, 9.17) is 10.5 Å². The summed E-state index contributed by atoms with van der Waals surface area (Å²) in [7, 11) is 1.56. The van der Waals surface area contributed by atoms with Gasteiger partial charge in [0.15, 0.2) is 11.6 Å². The van der Waals surface area contributed by atoms with Gasteiger partial charge in [0, 0.05) is 20.0 Å². The molecular weight excluding hydrogens is 320 g/mol. The second-order valence-electron chi connectivity index (χ2n) is 5.77. The number of likely N-dealkylation sites (N-methyl/N-ethyl adjacent to an activating group) is 1. The lowest BCUT2D eigenvalue weighted by Crippen LogP contribution is -2.46. The number of carbonyl (C=O) groups is 2. The third-order valence-electron chi connectivity index (χ3n) is 3.97. The molecule has 0 aromatic heterocycles. The lowest BCUT2D eigenvalue weighted by Gasteiger charge is -2.24. The number of carbonyl (C=O) groups excluding carboxylic acids is 2. The number of likely N-dealkylation sites (tertiary alicyclic amines) is 1. The summed E-state index contributed by atoms with van der Waals surface area (Å²) in [6, 6.07) is 5.24. The van der Waals surface area contributed by atoms with E-state index in [0.717, 1.165) is 0 Å². The molecule has 2 atom stereocenters. The van der Waals surface area contributed by atoms with Crippen LogP contribution in [-0.4, -0.2) is 67.1 Å². The predicted molar refractivity (Wildman–Crippen MR) is 83.6 cm³/mol. The number of amides is 2. The highest BCUT2D eigenvalue weighted by Gasteiger charge is 2.37. The van der Waals surface area contributed by atoms with Crippen LogP contribution in [0.25, 0.3) is 0 Å². The molecule has 1 aromatic rings. The number of alkyl halides is 1.